The van der Waals surface area contributed by atoms with Crippen LogP contribution in [0.15, 0.2) is 47.5 Å². The molecule has 0 radical (unpaired) electrons. The van der Waals surface area contributed by atoms with Gasteiger partial charge in [-0.15, -0.1) is 11.8 Å². The standard InChI is InChI=1S/C15H17ClN2S/c1-2-8-17-13-7-9-18-14(10-13)11-19-15-5-3-12(16)4-6-15/h3-7,9-10H,2,8,11H2,1H3,(H,17,18). The van der Waals surface area contributed by atoms with Crippen LogP contribution in [0.1, 0.15) is 19.0 Å². The van der Waals surface area contributed by atoms with Crippen molar-refractivity contribution in [1.29, 1.82) is 0 Å². The Bertz CT molecular complexity index is 514. The summed E-state index contributed by atoms with van der Waals surface area (Å²) in [7, 11) is 0. The van der Waals surface area contributed by atoms with Crippen molar-refractivity contribution in [2.24, 2.45) is 0 Å². The van der Waals surface area contributed by atoms with Crippen LogP contribution in [0.2, 0.25) is 5.02 Å². The SMILES string of the molecule is CCCNc1ccnc(CSc2ccc(Cl)cc2)c1. The van der Waals surface area contributed by atoms with Gasteiger partial charge in [0.25, 0.3) is 0 Å². The van der Waals surface area contributed by atoms with Gasteiger partial charge in [0.1, 0.15) is 0 Å². The quantitative estimate of drug-likeness (QED) is 0.771. The second-order valence-corrected chi connectivity index (χ2v) is 5.69. The molecule has 0 fully saturated rings. The van der Waals surface area contributed by atoms with Crippen molar-refractivity contribution < 1.29 is 0 Å². The summed E-state index contributed by atoms with van der Waals surface area (Å²) in [6.07, 6.45) is 2.98. The molecule has 0 saturated heterocycles. The van der Waals surface area contributed by atoms with Crippen LogP contribution >= 0.6 is 23.4 Å². The van der Waals surface area contributed by atoms with E-state index in [9.17, 15) is 0 Å². The summed E-state index contributed by atoms with van der Waals surface area (Å²) in [5.74, 6) is 0.864. The molecule has 0 unspecified atom stereocenters. The largest absolute Gasteiger partial charge is 0.385 e. The van der Waals surface area contributed by atoms with Crippen LogP contribution < -0.4 is 5.32 Å². The van der Waals surface area contributed by atoms with Gasteiger partial charge < -0.3 is 5.32 Å². The van der Waals surface area contributed by atoms with Crippen LogP contribution in [-0.2, 0) is 5.75 Å². The molecule has 19 heavy (non-hydrogen) atoms. The maximum Gasteiger partial charge on any atom is 0.0526 e. The molecule has 1 heterocycles. The first-order valence-corrected chi connectivity index (χ1v) is 7.71. The van der Waals surface area contributed by atoms with Crippen LogP contribution in [0.3, 0.4) is 0 Å². The summed E-state index contributed by atoms with van der Waals surface area (Å²) in [5, 5.41) is 4.15. The van der Waals surface area contributed by atoms with Gasteiger partial charge in [-0.2, -0.15) is 0 Å². The Kier molecular flexibility index (Phi) is 5.55. The fraction of sp³-hybridized carbons (Fsp3) is 0.267. The van der Waals surface area contributed by atoms with Crippen molar-refractivity contribution in [3.63, 3.8) is 0 Å². The van der Waals surface area contributed by atoms with E-state index in [-0.39, 0.29) is 0 Å². The van der Waals surface area contributed by atoms with Crippen molar-refractivity contribution in [2.45, 2.75) is 24.0 Å². The van der Waals surface area contributed by atoms with Crippen LogP contribution in [-0.4, -0.2) is 11.5 Å². The predicted molar refractivity (Wildman–Crippen MR) is 84.0 cm³/mol. The zero-order chi connectivity index (χ0) is 13.5. The summed E-state index contributed by atoms with van der Waals surface area (Å²) < 4.78 is 0. The minimum Gasteiger partial charge on any atom is -0.385 e. The smallest absolute Gasteiger partial charge is 0.0526 e. The van der Waals surface area contributed by atoms with E-state index in [0.717, 1.165) is 35.1 Å². The van der Waals surface area contributed by atoms with Gasteiger partial charge in [0, 0.05) is 34.1 Å². The van der Waals surface area contributed by atoms with E-state index in [0.29, 0.717) is 0 Å². The number of pyridine rings is 1. The number of benzene rings is 1. The Morgan fingerprint density at radius 3 is 2.74 bits per heavy atom. The summed E-state index contributed by atoms with van der Waals surface area (Å²) in [4.78, 5) is 5.60. The minimum absolute atomic E-state index is 0.772. The Hall–Kier alpha value is -1.19. The molecule has 2 aromatic rings. The van der Waals surface area contributed by atoms with Crippen molar-refractivity contribution in [1.82, 2.24) is 4.98 Å². The zero-order valence-corrected chi connectivity index (χ0v) is 12.5. The van der Waals surface area contributed by atoms with E-state index in [1.165, 1.54) is 4.90 Å². The molecule has 0 saturated carbocycles. The molecule has 0 amide bonds. The first-order chi connectivity index (χ1) is 9.28. The molecule has 0 spiro atoms. The zero-order valence-electron chi connectivity index (χ0n) is 10.9. The van der Waals surface area contributed by atoms with Gasteiger partial charge in [-0.1, -0.05) is 18.5 Å². The molecule has 0 aliphatic heterocycles. The minimum atomic E-state index is 0.772. The Morgan fingerprint density at radius 2 is 2.00 bits per heavy atom. The maximum absolute atomic E-state index is 5.87. The molecule has 2 nitrogen and oxygen atoms in total. The van der Waals surface area contributed by atoms with Crippen molar-refractivity contribution in [3.05, 3.63) is 53.3 Å². The fourth-order valence-corrected chi connectivity index (χ4v) is 2.55. The summed E-state index contributed by atoms with van der Waals surface area (Å²) in [6.45, 7) is 3.15. The normalized spacial score (nSPS) is 10.4. The second kappa shape index (κ2) is 7.41. The molecule has 1 aromatic heterocycles. The van der Waals surface area contributed by atoms with Gasteiger partial charge in [-0.05, 0) is 42.8 Å². The molecular weight excluding hydrogens is 276 g/mol. The average Bonchev–Trinajstić information content (AvgIpc) is 2.45. The van der Waals surface area contributed by atoms with Crippen molar-refractivity contribution in [3.8, 4) is 0 Å². The highest BCUT2D eigenvalue weighted by molar-refractivity contribution is 7.98. The molecule has 0 atom stereocenters. The third kappa shape index (κ3) is 4.77. The Morgan fingerprint density at radius 1 is 1.21 bits per heavy atom. The number of nitrogens with zero attached hydrogens (tertiary/aromatic N) is 1. The lowest BCUT2D eigenvalue weighted by atomic mass is 10.3. The highest BCUT2D eigenvalue weighted by Crippen LogP contribution is 2.24. The van der Waals surface area contributed by atoms with Gasteiger partial charge in [-0.3, -0.25) is 4.98 Å². The van der Waals surface area contributed by atoms with E-state index in [1.54, 1.807) is 11.8 Å². The fourth-order valence-electron chi connectivity index (χ4n) is 1.62. The summed E-state index contributed by atoms with van der Waals surface area (Å²) in [6, 6.07) is 12.0. The molecule has 2 rings (SSSR count). The number of nitrogens with one attached hydrogen (secondary N) is 1. The number of thioether (sulfide) groups is 1. The lowest BCUT2D eigenvalue weighted by molar-refractivity contribution is 0.977. The predicted octanol–water partition coefficient (Wildman–Crippen LogP) is 4.85. The van der Waals surface area contributed by atoms with Crippen molar-refractivity contribution >= 4 is 29.1 Å². The monoisotopic (exact) mass is 292 g/mol. The molecule has 0 aliphatic carbocycles. The Balaban J connectivity index is 1.93. The van der Waals surface area contributed by atoms with E-state index in [2.05, 4.69) is 23.3 Å². The lowest BCUT2D eigenvalue weighted by Crippen LogP contribution is -2.00. The highest BCUT2D eigenvalue weighted by atomic mass is 35.5. The first kappa shape index (κ1) is 14.2. The van der Waals surface area contributed by atoms with E-state index >= 15 is 0 Å². The molecule has 4 heteroatoms. The van der Waals surface area contributed by atoms with Crippen LogP contribution in [0, 0.1) is 0 Å². The van der Waals surface area contributed by atoms with Crippen LogP contribution in [0.25, 0.3) is 0 Å². The van der Waals surface area contributed by atoms with Gasteiger partial charge >= 0.3 is 0 Å². The number of halogens is 1. The molecule has 1 N–H and O–H groups in total. The molecule has 0 bridgehead atoms. The lowest BCUT2D eigenvalue weighted by Gasteiger charge is -2.06. The van der Waals surface area contributed by atoms with Gasteiger partial charge in [0.15, 0.2) is 0 Å². The van der Waals surface area contributed by atoms with Crippen LogP contribution in [0.5, 0.6) is 0 Å². The molecule has 1 aromatic carbocycles. The second-order valence-electron chi connectivity index (χ2n) is 4.21. The first-order valence-electron chi connectivity index (χ1n) is 6.35. The number of hydrogen-bond acceptors (Lipinski definition) is 3. The molecular formula is C15H17ClN2S. The number of aromatic nitrogens is 1. The Labute approximate surface area is 123 Å². The highest BCUT2D eigenvalue weighted by Gasteiger charge is 1.99. The van der Waals surface area contributed by atoms with E-state index in [1.807, 2.05) is 36.5 Å². The summed E-state index contributed by atoms with van der Waals surface area (Å²) in [5.41, 5.74) is 2.23. The van der Waals surface area contributed by atoms with Crippen LogP contribution in [0.4, 0.5) is 5.69 Å². The number of hydrogen-bond donors (Lipinski definition) is 1. The molecule has 0 aliphatic rings. The third-order valence-electron chi connectivity index (χ3n) is 2.60. The van der Waals surface area contributed by atoms with E-state index < -0.39 is 0 Å². The average molecular weight is 293 g/mol. The van der Waals surface area contributed by atoms with E-state index in [4.69, 9.17) is 11.6 Å². The van der Waals surface area contributed by atoms with Gasteiger partial charge in [0.2, 0.25) is 0 Å². The maximum atomic E-state index is 5.87. The van der Waals surface area contributed by atoms with Gasteiger partial charge in [0.05, 0.1) is 5.69 Å². The third-order valence-corrected chi connectivity index (χ3v) is 3.89. The van der Waals surface area contributed by atoms with Crippen molar-refractivity contribution in [2.75, 3.05) is 11.9 Å². The summed E-state index contributed by atoms with van der Waals surface area (Å²) >= 11 is 7.63. The topological polar surface area (TPSA) is 24.9 Å². The van der Waals surface area contributed by atoms with Gasteiger partial charge in [-0.25, -0.2) is 0 Å². The number of anilines is 1. The number of rotatable bonds is 6. The molecule has 100 valence electrons.